The lowest BCUT2D eigenvalue weighted by atomic mass is 10.3. The lowest BCUT2D eigenvalue weighted by Gasteiger charge is -2.20. The molecule has 0 aromatic heterocycles. The fourth-order valence-corrected chi connectivity index (χ4v) is 3.24. The molecule has 0 aliphatic heterocycles. The molecule has 0 saturated carbocycles. The van der Waals surface area contributed by atoms with Crippen LogP contribution in [-0.2, 0) is 14.8 Å². The van der Waals surface area contributed by atoms with Crippen molar-refractivity contribution in [3.8, 4) is 5.75 Å². The van der Waals surface area contributed by atoms with Crippen molar-refractivity contribution in [3.05, 3.63) is 18.2 Å². The molecule has 0 fully saturated rings. The summed E-state index contributed by atoms with van der Waals surface area (Å²) in [6.07, 6.45) is 0. The molecule has 0 unspecified atom stereocenters. The highest BCUT2D eigenvalue weighted by molar-refractivity contribution is 7.89. The molecular weight excluding hydrogens is 294 g/mol. The van der Waals surface area contributed by atoms with E-state index in [0.717, 1.165) is 4.31 Å². The van der Waals surface area contributed by atoms with E-state index in [1.807, 2.05) is 0 Å². The summed E-state index contributed by atoms with van der Waals surface area (Å²) in [6.45, 7) is 3.85. The quantitative estimate of drug-likeness (QED) is 0.710. The standard InChI is InChI=1S/C13H21N3O4S/c1-4-15-13(17)9-16(5-2)21(18,19)10-6-7-12(20-3)11(14)8-10/h6-8H,4-5,9,14H2,1-3H3,(H,15,17). The van der Waals surface area contributed by atoms with Crippen molar-refractivity contribution in [1.29, 1.82) is 0 Å². The first-order valence-corrected chi connectivity index (χ1v) is 8.01. The fourth-order valence-electron chi connectivity index (χ4n) is 1.80. The molecule has 0 spiro atoms. The Balaban J connectivity index is 3.07. The van der Waals surface area contributed by atoms with E-state index in [4.69, 9.17) is 10.5 Å². The topological polar surface area (TPSA) is 102 Å². The van der Waals surface area contributed by atoms with Gasteiger partial charge >= 0.3 is 0 Å². The summed E-state index contributed by atoms with van der Waals surface area (Å²) in [4.78, 5) is 11.6. The highest BCUT2D eigenvalue weighted by atomic mass is 32.2. The lowest BCUT2D eigenvalue weighted by Crippen LogP contribution is -2.40. The van der Waals surface area contributed by atoms with Gasteiger partial charge in [0.15, 0.2) is 0 Å². The van der Waals surface area contributed by atoms with Crippen molar-refractivity contribution < 1.29 is 17.9 Å². The zero-order chi connectivity index (χ0) is 16.0. The third kappa shape index (κ3) is 4.08. The summed E-state index contributed by atoms with van der Waals surface area (Å²) in [7, 11) is -2.32. The number of sulfonamides is 1. The normalized spacial score (nSPS) is 11.4. The minimum Gasteiger partial charge on any atom is -0.495 e. The highest BCUT2D eigenvalue weighted by Crippen LogP contribution is 2.26. The molecule has 0 radical (unpaired) electrons. The van der Waals surface area contributed by atoms with Crippen molar-refractivity contribution >= 4 is 21.6 Å². The molecule has 7 nitrogen and oxygen atoms in total. The molecule has 8 heteroatoms. The van der Waals surface area contributed by atoms with Crippen LogP contribution in [0.3, 0.4) is 0 Å². The zero-order valence-corrected chi connectivity index (χ0v) is 13.2. The van der Waals surface area contributed by atoms with Crippen LogP contribution in [0.2, 0.25) is 0 Å². The summed E-state index contributed by atoms with van der Waals surface area (Å²) in [5.41, 5.74) is 5.96. The number of hydrogen-bond donors (Lipinski definition) is 2. The maximum atomic E-state index is 12.5. The average Bonchev–Trinajstić information content (AvgIpc) is 2.44. The average molecular weight is 315 g/mol. The summed E-state index contributed by atoms with van der Waals surface area (Å²) in [5.74, 6) is 0.0603. The third-order valence-electron chi connectivity index (χ3n) is 2.89. The van der Waals surface area contributed by atoms with Crippen LogP contribution in [0, 0.1) is 0 Å². The summed E-state index contributed by atoms with van der Waals surface area (Å²) >= 11 is 0. The van der Waals surface area contributed by atoms with Gasteiger partial charge in [-0.2, -0.15) is 4.31 Å². The number of anilines is 1. The molecule has 0 saturated heterocycles. The number of methoxy groups -OCH3 is 1. The fraction of sp³-hybridized carbons (Fsp3) is 0.462. The highest BCUT2D eigenvalue weighted by Gasteiger charge is 2.25. The van der Waals surface area contributed by atoms with Gasteiger partial charge in [0.2, 0.25) is 15.9 Å². The number of carbonyl (C=O) groups is 1. The van der Waals surface area contributed by atoms with Crippen LogP contribution in [0.1, 0.15) is 13.8 Å². The van der Waals surface area contributed by atoms with Gasteiger partial charge in [-0.05, 0) is 25.1 Å². The van der Waals surface area contributed by atoms with Crippen LogP contribution in [0.25, 0.3) is 0 Å². The Morgan fingerprint density at radius 1 is 1.38 bits per heavy atom. The molecule has 1 aromatic rings. The third-order valence-corrected chi connectivity index (χ3v) is 4.80. The minimum atomic E-state index is -3.78. The van der Waals surface area contributed by atoms with Gasteiger partial charge in [0.25, 0.3) is 0 Å². The van der Waals surface area contributed by atoms with Crippen molar-refractivity contribution in [1.82, 2.24) is 9.62 Å². The van der Waals surface area contributed by atoms with Crippen LogP contribution in [-0.4, -0.2) is 45.4 Å². The molecule has 1 aromatic carbocycles. The maximum absolute atomic E-state index is 12.5. The van der Waals surface area contributed by atoms with Crippen LogP contribution in [0.15, 0.2) is 23.1 Å². The van der Waals surface area contributed by atoms with E-state index in [0.29, 0.717) is 12.3 Å². The molecule has 1 rings (SSSR count). The second-order valence-corrected chi connectivity index (χ2v) is 6.23. The second-order valence-electron chi connectivity index (χ2n) is 4.29. The van der Waals surface area contributed by atoms with Crippen LogP contribution < -0.4 is 15.8 Å². The molecule has 0 heterocycles. The Bertz CT molecular complexity index is 601. The predicted octanol–water partition coefficient (Wildman–Crippen LogP) is 0.424. The van der Waals surface area contributed by atoms with E-state index < -0.39 is 10.0 Å². The lowest BCUT2D eigenvalue weighted by molar-refractivity contribution is -0.121. The van der Waals surface area contributed by atoms with Crippen molar-refractivity contribution in [3.63, 3.8) is 0 Å². The summed E-state index contributed by atoms with van der Waals surface area (Å²) < 4.78 is 31.1. The number of rotatable bonds is 7. The first-order valence-electron chi connectivity index (χ1n) is 6.57. The van der Waals surface area contributed by atoms with E-state index in [-0.39, 0.29) is 29.6 Å². The van der Waals surface area contributed by atoms with Gasteiger partial charge < -0.3 is 15.8 Å². The molecule has 21 heavy (non-hydrogen) atoms. The number of ether oxygens (including phenoxy) is 1. The van der Waals surface area contributed by atoms with E-state index >= 15 is 0 Å². The van der Waals surface area contributed by atoms with Gasteiger partial charge in [-0.15, -0.1) is 0 Å². The maximum Gasteiger partial charge on any atom is 0.243 e. The summed E-state index contributed by atoms with van der Waals surface area (Å²) in [6, 6.07) is 4.22. The largest absolute Gasteiger partial charge is 0.495 e. The van der Waals surface area contributed by atoms with Crippen molar-refractivity contribution in [2.45, 2.75) is 18.7 Å². The number of likely N-dealkylation sites (N-methyl/N-ethyl adjacent to an activating group) is 2. The Hall–Kier alpha value is -1.80. The van der Waals surface area contributed by atoms with Crippen molar-refractivity contribution in [2.24, 2.45) is 0 Å². The van der Waals surface area contributed by atoms with Gasteiger partial charge in [0, 0.05) is 13.1 Å². The van der Waals surface area contributed by atoms with E-state index in [9.17, 15) is 13.2 Å². The van der Waals surface area contributed by atoms with Crippen LogP contribution in [0.4, 0.5) is 5.69 Å². The van der Waals surface area contributed by atoms with Gasteiger partial charge in [-0.25, -0.2) is 8.42 Å². The minimum absolute atomic E-state index is 0.0342. The molecule has 0 atom stereocenters. The Morgan fingerprint density at radius 2 is 2.05 bits per heavy atom. The summed E-state index contributed by atoms with van der Waals surface area (Å²) in [5, 5.41) is 2.57. The predicted molar refractivity (Wildman–Crippen MR) is 80.5 cm³/mol. The van der Waals surface area contributed by atoms with Gasteiger partial charge in [-0.3, -0.25) is 4.79 Å². The molecular formula is C13H21N3O4S. The molecule has 1 amide bonds. The second kappa shape index (κ2) is 7.28. The number of nitrogens with one attached hydrogen (secondary N) is 1. The SMILES string of the molecule is CCNC(=O)CN(CC)S(=O)(=O)c1ccc(OC)c(N)c1. The van der Waals surface area contributed by atoms with Gasteiger partial charge in [-0.1, -0.05) is 6.92 Å². The molecule has 3 N–H and O–H groups in total. The Labute approximate surface area is 125 Å². The van der Waals surface area contributed by atoms with E-state index in [1.54, 1.807) is 13.8 Å². The van der Waals surface area contributed by atoms with E-state index in [1.165, 1.54) is 25.3 Å². The first-order chi connectivity index (χ1) is 9.86. The number of nitrogens with zero attached hydrogens (tertiary/aromatic N) is 1. The number of amides is 1. The molecule has 118 valence electrons. The molecule has 0 aliphatic rings. The van der Waals surface area contributed by atoms with E-state index in [2.05, 4.69) is 5.32 Å². The zero-order valence-electron chi connectivity index (χ0n) is 12.4. The smallest absolute Gasteiger partial charge is 0.243 e. The van der Waals surface area contributed by atoms with Gasteiger partial charge in [0.05, 0.1) is 24.2 Å². The number of hydrogen-bond acceptors (Lipinski definition) is 5. The number of benzene rings is 1. The van der Waals surface area contributed by atoms with Crippen LogP contribution in [0.5, 0.6) is 5.75 Å². The van der Waals surface area contributed by atoms with Crippen molar-refractivity contribution in [2.75, 3.05) is 32.5 Å². The molecule has 0 aliphatic carbocycles. The van der Waals surface area contributed by atoms with Gasteiger partial charge in [0.1, 0.15) is 5.75 Å². The number of nitrogen functional groups attached to an aromatic ring is 1. The Kier molecular flexibility index (Phi) is 5.98. The first kappa shape index (κ1) is 17.3. The van der Waals surface area contributed by atoms with Crippen LogP contribution >= 0.6 is 0 Å². The Morgan fingerprint density at radius 3 is 2.52 bits per heavy atom. The number of carbonyl (C=O) groups excluding carboxylic acids is 1. The monoisotopic (exact) mass is 315 g/mol. The molecule has 0 bridgehead atoms. The number of nitrogens with two attached hydrogens (primary N) is 1.